The minimum absolute atomic E-state index is 0.273. The van der Waals surface area contributed by atoms with Crippen molar-refractivity contribution in [1.82, 2.24) is 0 Å². The summed E-state index contributed by atoms with van der Waals surface area (Å²) in [6.07, 6.45) is 0.817. The molecule has 3 heterocycles. The van der Waals surface area contributed by atoms with Crippen LogP contribution in [0.1, 0.15) is 20.3 Å². The Hall–Kier alpha value is 0.0300. The summed E-state index contributed by atoms with van der Waals surface area (Å²) in [6.45, 7) is 4.17. The van der Waals surface area contributed by atoms with E-state index in [-0.39, 0.29) is 5.60 Å². The van der Waals surface area contributed by atoms with E-state index >= 15 is 0 Å². The Morgan fingerprint density at radius 2 is 2.12 bits per heavy atom. The molecule has 0 fully saturated rings. The molecule has 0 N–H and O–H groups in total. The van der Waals surface area contributed by atoms with E-state index in [0.29, 0.717) is 5.75 Å². The highest BCUT2D eigenvalue weighted by Crippen LogP contribution is 2.53. The summed E-state index contributed by atoms with van der Waals surface area (Å²) < 4.78 is 18.0. The second-order valence-electron chi connectivity index (χ2n) is 4.33. The van der Waals surface area contributed by atoms with Crippen LogP contribution in [0.2, 0.25) is 0 Å². The first-order valence-electron chi connectivity index (χ1n) is 5.13. The monoisotopic (exact) mass is 272 g/mol. The van der Waals surface area contributed by atoms with Gasteiger partial charge < -0.3 is 9.29 Å². The molecule has 3 rings (SSSR count). The number of hydrogen-bond donors (Lipinski definition) is 0. The normalized spacial score (nSPS) is 31.3. The van der Waals surface area contributed by atoms with Crippen LogP contribution in [0.25, 0.3) is 0 Å². The Labute approximate surface area is 107 Å². The first-order chi connectivity index (χ1) is 7.59. The largest absolute Gasteiger partial charge is 0.611 e. The first kappa shape index (κ1) is 11.1. The minimum atomic E-state index is -0.862. The molecule has 0 saturated heterocycles. The molecule has 1 unspecified atom stereocenters. The Morgan fingerprint density at radius 3 is 2.94 bits per heavy atom. The summed E-state index contributed by atoms with van der Waals surface area (Å²) in [7, 11) is 0. The van der Waals surface area contributed by atoms with Crippen LogP contribution in [0.5, 0.6) is 0 Å². The third-order valence-electron chi connectivity index (χ3n) is 2.76. The third kappa shape index (κ3) is 1.56. The van der Waals surface area contributed by atoms with Crippen LogP contribution >= 0.6 is 23.5 Å². The van der Waals surface area contributed by atoms with Crippen molar-refractivity contribution in [3.8, 4) is 0 Å². The molecule has 0 aromatic carbocycles. The van der Waals surface area contributed by atoms with Crippen molar-refractivity contribution in [3.63, 3.8) is 0 Å². The van der Waals surface area contributed by atoms with E-state index in [2.05, 4.69) is 24.7 Å². The number of hydrogen-bond acceptors (Lipinski definition) is 4. The summed E-state index contributed by atoms with van der Waals surface area (Å²) in [5, 5.41) is 4.13. The van der Waals surface area contributed by atoms with Crippen LogP contribution in [0.4, 0.5) is 0 Å². The Bertz CT molecular complexity index is 435. The van der Waals surface area contributed by atoms with Gasteiger partial charge in [-0.25, -0.2) is 0 Å². The molecule has 3 aliphatic rings. The van der Waals surface area contributed by atoms with Gasteiger partial charge in [-0.15, -0.1) is 0 Å². The maximum Gasteiger partial charge on any atom is 0.205 e. The quantitative estimate of drug-likeness (QED) is 0.633. The van der Waals surface area contributed by atoms with Crippen molar-refractivity contribution in [2.45, 2.75) is 25.9 Å². The SMILES string of the molecule is CC1(C)OC2=C(C3=C1SC=CS3)[S+]([O-])CC2. The average molecular weight is 272 g/mol. The molecule has 3 aliphatic heterocycles. The Morgan fingerprint density at radius 1 is 1.38 bits per heavy atom. The van der Waals surface area contributed by atoms with Crippen LogP contribution < -0.4 is 0 Å². The van der Waals surface area contributed by atoms with Gasteiger partial charge in [0.05, 0.1) is 16.2 Å². The lowest BCUT2D eigenvalue weighted by Crippen LogP contribution is -2.30. The highest BCUT2D eigenvalue weighted by atomic mass is 32.2. The van der Waals surface area contributed by atoms with Crippen molar-refractivity contribution in [3.05, 3.63) is 31.3 Å². The average Bonchev–Trinajstić information content (AvgIpc) is 2.59. The van der Waals surface area contributed by atoms with E-state index in [4.69, 9.17) is 4.74 Å². The molecule has 1 atom stereocenters. The van der Waals surface area contributed by atoms with Crippen LogP contribution in [-0.2, 0) is 15.9 Å². The summed E-state index contributed by atoms with van der Waals surface area (Å²) in [6, 6.07) is 0. The van der Waals surface area contributed by atoms with Gasteiger partial charge in [-0.2, -0.15) is 0 Å². The number of fused-ring (bicyclic) bond motifs is 1. The fourth-order valence-corrected chi connectivity index (χ4v) is 5.96. The number of rotatable bonds is 0. The van der Waals surface area contributed by atoms with Gasteiger partial charge in [0.2, 0.25) is 4.91 Å². The predicted molar refractivity (Wildman–Crippen MR) is 71.2 cm³/mol. The summed E-state index contributed by atoms with van der Waals surface area (Å²) in [4.78, 5) is 3.33. The van der Waals surface area contributed by atoms with Crippen LogP contribution in [0.3, 0.4) is 0 Å². The lowest BCUT2D eigenvalue weighted by Gasteiger charge is -2.35. The number of thioether (sulfide) groups is 2. The smallest absolute Gasteiger partial charge is 0.205 e. The number of allylic oxidation sites excluding steroid dienone is 1. The topological polar surface area (TPSA) is 32.3 Å². The van der Waals surface area contributed by atoms with E-state index in [0.717, 1.165) is 17.1 Å². The lowest BCUT2D eigenvalue weighted by molar-refractivity contribution is 0.0670. The maximum absolute atomic E-state index is 12.0. The molecular weight excluding hydrogens is 260 g/mol. The molecule has 2 nitrogen and oxygen atoms in total. The molecule has 16 heavy (non-hydrogen) atoms. The van der Waals surface area contributed by atoms with Gasteiger partial charge in [0.25, 0.3) is 0 Å². The van der Waals surface area contributed by atoms with Crippen molar-refractivity contribution in [1.29, 1.82) is 0 Å². The van der Waals surface area contributed by atoms with Crippen molar-refractivity contribution in [2.75, 3.05) is 5.75 Å². The zero-order chi connectivity index (χ0) is 11.3. The van der Waals surface area contributed by atoms with Crippen LogP contribution in [-0.4, -0.2) is 15.9 Å². The maximum atomic E-state index is 12.0. The van der Waals surface area contributed by atoms with Crippen molar-refractivity contribution < 1.29 is 9.29 Å². The molecule has 0 spiro atoms. The molecular formula is C11H12O2S3. The van der Waals surface area contributed by atoms with E-state index in [9.17, 15) is 4.55 Å². The molecule has 0 aliphatic carbocycles. The van der Waals surface area contributed by atoms with Gasteiger partial charge in [-0.3, -0.25) is 0 Å². The van der Waals surface area contributed by atoms with E-state index in [1.807, 2.05) is 0 Å². The van der Waals surface area contributed by atoms with Gasteiger partial charge in [0.15, 0.2) is 5.76 Å². The highest BCUT2D eigenvalue weighted by molar-refractivity contribution is 8.13. The Balaban J connectivity index is 2.12. The lowest BCUT2D eigenvalue weighted by atomic mass is 10.1. The predicted octanol–water partition coefficient (Wildman–Crippen LogP) is 3.32. The van der Waals surface area contributed by atoms with Gasteiger partial charge in [-0.1, -0.05) is 23.5 Å². The summed E-state index contributed by atoms with van der Waals surface area (Å²) in [5.41, 5.74) is -0.273. The van der Waals surface area contributed by atoms with Gasteiger partial charge in [0, 0.05) is 0 Å². The van der Waals surface area contributed by atoms with Gasteiger partial charge in [0.1, 0.15) is 11.4 Å². The molecule has 0 saturated carbocycles. The Kier molecular flexibility index (Phi) is 2.62. The number of ether oxygens (including phenoxy) is 1. The summed E-state index contributed by atoms with van der Waals surface area (Å²) in [5.74, 6) is 1.66. The molecule has 0 aromatic heterocycles. The van der Waals surface area contributed by atoms with Gasteiger partial charge in [-0.05, 0) is 35.8 Å². The molecule has 5 heteroatoms. The molecule has 0 bridgehead atoms. The summed E-state index contributed by atoms with van der Waals surface area (Å²) >= 11 is 2.50. The molecule has 0 aromatic rings. The van der Waals surface area contributed by atoms with Crippen LogP contribution in [0.15, 0.2) is 31.3 Å². The molecule has 86 valence electrons. The second kappa shape index (κ2) is 3.77. The molecule has 0 radical (unpaired) electrons. The first-order valence-corrected chi connectivity index (χ1v) is 8.21. The third-order valence-corrected chi connectivity index (χ3v) is 6.77. The zero-order valence-corrected chi connectivity index (χ0v) is 11.6. The van der Waals surface area contributed by atoms with E-state index in [1.165, 1.54) is 9.81 Å². The van der Waals surface area contributed by atoms with Crippen molar-refractivity contribution in [2.24, 2.45) is 0 Å². The van der Waals surface area contributed by atoms with E-state index < -0.39 is 11.2 Å². The van der Waals surface area contributed by atoms with Crippen LogP contribution in [0, 0.1) is 0 Å². The van der Waals surface area contributed by atoms with E-state index in [1.54, 1.807) is 23.5 Å². The zero-order valence-electron chi connectivity index (χ0n) is 9.11. The fourth-order valence-electron chi connectivity index (χ4n) is 2.08. The molecule has 0 amide bonds. The second-order valence-corrected chi connectivity index (χ2v) is 7.67. The fraction of sp³-hybridized carbons (Fsp3) is 0.455. The van der Waals surface area contributed by atoms with Crippen molar-refractivity contribution >= 4 is 34.7 Å². The standard InChI is InChI=1S/C11H12O2S3/c1-11(2)10-8(14-4-5-15-10)9-7(13-11)3-6-16(9)12/h4-5H,3,6H2,1-2H3. The minimum Gasteiger partial charge on any atom is -0.611 e. The van der Waals surface area contributed by atoms with Gasteiger partial charge >= 0.3 is 0 Å². The highest BCUT2D eigenvalue weighted by Gasteiger charge is 2.45.